The van der Waals surface area contributed by atoms with Crippen molar-refractivity contribution in [2.24, 2.45) is 0 Å². The van der Waals surface area contributed by atoms with Gasteiger partial charge in [0.2, 0.25) is 0 Å². The molecule has 0 radical (unpaired) electrons. The van der Waals surface area contributed by atoms with Crippen molar-refractivity contribution < 1.29 is 23.8 Å². The lowest BCUT2D eigenvalue weighted by atomic mass is 9.98. The second-order valence-electron chi connectivity index (χ2n) is 6.27. The highest BCUT2D eigenvalue weighted by Crippen LogP contribution is 2.31. The summed E-state index contributed by atoms with van der Waals surface area (Å²) in [4.78, 5) is 1.52. The Labute approximate surface area is 149 Å². The molecule has 1 heterocycles. The maximum absolute atomic E-state index is 5.45. The van der Waals surface area contributed by atoms with Gasteiger partial charge in [-0.25, -0.2) is 0 Å². The van der Waals surface area contributed by atoms with Gasteiger partial charge in [-0.15, -0.1) is 0 Å². The highest BCUT2D eigenvalue weighted by Gasteiger charge is 2.22. The molecule has 3 rings (SSSR count). The van der Waals surface area contributed by atoms with Crippen LogP contribution < -0.4 is 23.8 Å². The molecule has 1 atom stereocenters. The summed E-state index contributed by atoms with van der Waals surface area (Å²) in [7, 11) is 6.69. The van der Waals surface area contributed by atoms with Gasteiger partial charge in [0.1, 0.15) is 13.1 Å². The number of methoxy groups -OCH3 is 4. The predicted molar refractivity (Wildman–Crippen MR) is 96.0 cm³/mol. The summed E-state index contributed by atoms with van der Waals surface area (Å²) >= 11 is 0. The molecule has 1 aliphatic rings. The average Bonchev–Trinajstić information content (AvgIpc) is 2.66. The summed E-state index contributed by atoms with van der Waals surface area (Å²) in [5, 5.41) is 0. The van der Waals surface area contributed by atoms with Crippen molar-refractivity contribution in [1.29, 1.82) is 0 Å². The highest BCUT2D eigenvalue weighted by atomic mass is 16.5. The number of rotatable bonds is 6. The molecule has 25 heavy (non-hydrogen) atoms. The van der Waals surface area contributed by atoms with E-state index in [1.165, 1.54) is 21.6 Å². The number of fused-ring (bicyclic) bond motifs is 1. The summed E-state index contributed by atoms with van der Waals surface area (Å²) in [6.07, 6.45) is 1.04. The fourth-order valence-corrected chi connectivity index (χ4v) is 3.46. The molecule has 1 N–H and O–H groups in total. The molecule has 1 aliphatic heterocycles. The lowest BCUT2D eigenvalue weighted by molar-refractivity contribution is -0.929. The van der Waals surface area contributed by atoms with E-state index >= 15 is 0 Å². The van der Waals surface area contributed by atoms with Gasteiger partial charge in [0.15, 0.2) is 23.0 Å². The van der Waals surface area contributed by atoms with E-state index in [0.29, 0.717) is 0 Å². The lowest BCUT2D eigenvalue weighted by Crippen LogP contribution is -3.10. The van der Waals surface area contributed by atoms with Gasteiger partial charge in [-0.3, -0.25) is 0 Å². The predicted octanol–water partition coefficient (Wildman–Crippen LogP) is 1.86. The number of ether oxygens (including phenoxy) is 4. The molecule has 0 aliphatic carbocycles. The Morgan fingerprint density at radius 3 is 2.00 bits per heavy atom. The average molecular weight is 344 g/mol. The number of nitrogens with one attached hydrogen (secondary N) is 1. The molecular weight excluding hydrogens is 318 g/mol. The molecule has 1 unspecified atom stereocenters. The van der Waals surface area contributed by atoms with E-state index in [0.717, 1.165) is 49.1 Å². The van der Waals surface area contributed by atoms with Crippen LogP contribution in [0.25, 0.3) is 0 Å². The Hall–Kier alpha value is -2.40. The van der Waals surface area contributed by atoms with E-state index in [2.05, 4.69) is 24.3 Å². The normalized spacial score (nSPS) is 16.1. The Kier molecular flexibility index (Phi) is 5.34. The van der Waals surface area contributed by atoms with Gasteiger partial charge in [0, 0.05) is 17.5 Å². The first-order valence-corrected chi connectivity index (χ1v) is 8.46. The zero-order chi connectivity index (χ0) is 17.8. The van der Waals surface area contributed by atoms with Crippen LogP contribution >= 0.6 is 0 Å². The molecule has 0 saturated carbocycles. The number of hydrogen-bond donors (Lipinski definition) is 1. The fourth-order valence-electron chi connectivity index (χ4n) is 3.46. The van der Waals surface area contributed by atoms with Crippen LogP contribution in [0.15, 0.2) is 30.3 Å². The van der Waals surface area contributed by atoms with Crippen LogP contribution in [0.2, 0.25) is 0 Å². The zero-order valence-corrected chi connectivity index (χ0v) is 15.3. The van der Waals surface area contributed by atoms with Crippen LogP contribution in [0.1, 0.15) is 16.7 Å². The van der Waals surface area contributed by atoms with Crippen LogP contribution in [-0.4, -0.2) is 35.0 Å². The SMILES string of the molecule is COc1ccc(C[NH+]2CCc3cc(OC)c(OC)cc3C2)cc1OC. The fraction of sp³-hybridized carbons (Fsp3) is 0.400. The molecule has 0 saturated heterocycles. The number of quaternary nitrogens is 1. The summed E-state index contributed by atoms with van der Waals surface area (Å²) in [5.74, 6) is 3.16. The monoisotopic (exact) mass is 344 g/mol. The smallest absolute Gasteiger partial charge is 0.161 e. The minimum absolute atomic E-state index is 0.766. The Morgan fingerprint density at radius 2 is 1.36 bits per heavy atom. The van der Waals surface area contributed by atoms with Crippen molar-refractivity contribution in [3.05, 3.63) is 47.0 Å². The van der Waals surface area contributed by atoms with Gasteiger partial charge < -0.3 is 23.8 Å². The first-order valence-electron chi connectivity index (χ1n) is 8.46. The van der Waals surface area contributed by atoms with Crippen molar-refractivity contribution in [2.45, 2.75) is 19.5 Å². The third-order valence-corrected chi connectivity index (χ3v) is 4.80. The lowest BCUT2D eigenvalue weighted by Gasteiger charge is -2.27. The number of benzene rings is 2. The second kappa shape index (κ2) is 7.66. The molecule has 2 aromatic carbocycles. The van der Waals surface area contributed by atoms with E-state index in [4.69, 9.17) is 18.9 Å². The van der Waals surface area contributed by atoms with Crippen LogP contribution in [0.5, 0.6) is 23.0 Å². The van der Waals surface area contributed by atoms with Crippen molar-refractivity contribution in [3.8, 4) is 23.0 Å². The molecular formula is C20H26NO4+. The second-order valence-corrected chi connectivity index (χ2v) is 6.27. The van der Waals surface area contributed by atoms with E-state index in [-0.39, 0.29) is 0 Å². The maximum atomic E-state index is 5.45. The van der Waals surface area contributed by atoms with Crippen LogP contribution in [0.4, 0.5) is 0 Å². The molecule has 0 spiro atoms. The molecule has 0 fully saturated rings. The minimum Gasteiger partial charge on any atom is -0.493 e. The number of hydrogen-bond acceptors (Lipinski definition) is 4. The summed E-state index contributed by atoms with van der Waals surface area (Å²) in [5.41, 5.74) is 3.93. The molecule has 2 aromatic rings. The topological polar surface area (TPSA) is 41.4 Å². The summed E-state index contributed by atoms with van der Waals surface area (Å²) in [6, 6.07) is 10.4. The van der Waals surface area contributed by atoms with Crippen molar-refractivity contribution in [3.63, 3.8) is 0 Å². The standard InChI is InChI=1S/C20H25NO4/c1-22-17-6-5-14(9-18(17)23-2)12-21-8-7-15-10-19(24-3)20(25-4)11-16(15)13-21/h5-6,9-11H,7-8,12-13H2,1-4H3/p+1. The zero-order valence-electron chi connectivity index (χ0n) is 15.3. The molecule has 134 valence electrons. The first kappa shape index (κ1) is 17.4. The third-order valence-electron chi connectivity index (χ3n) is 4.80. The molecule has 0 bridgehead atoms. The Morgan fingerprint density at radius 1 is 0.760 bits per heavy atom. The van der Waals surface area contributed by atoms with Crippen LogP contribution in [0, 0.1) is 0 Å². The first-order chi connectivity index (χ1) is 12.2. The van der Waals surface area contributed by atoms with Gasteiger partial charge in [0.05, 0.1) is 35.0 Å². The van der Waals surface area contributed by atoms with Crippen LogP contribution in [0.3, 0.4) is 0 Å². The summed E-state index contributed by atoms with van der Waals surface area (Å²) in [6.45, 7) is 3.02. The molecule has 0 amide bonds. The van der Waals surface area contributed by atoms with Gasteiger partial charge in [0.25, 0.3) is 0 Å². The third kappa shape index (κ3) is 3.66. The van der Waals surface area contributed by atoms with Crippen molar-refractivity contribution >= 4 is 0 Å². The maximum Gasteiger partial charge on any atom is 0.161 e. The van der Waals surface area contributed by atoms with E-state index in [1.54, 1.807) is 28.4 Å². The van der Waals surface area contributed by atoms with Gasteiger partial charge in [-0.1, -0.05) is 0 Å². The van der Waals surface area contributed by atoms with Crippen LogP contribution in [-0.2, 0) is 19.5 Å². The van der Waals surface area contributed by atoms with Crippen molar-refractivity contribution in [2.75, 3.05) is 35.0 Å². The highest BCUT2D eigenvalue weighted by molar-refractivity contribution is 5.47. The quantitative estimate of drug-likeness (QED) is 0.869. The van der Waals surface area contributed by atoms with Crippen molar-refractivity contribution in [1.82, 2.24) is 0 Å². The minimum atomic E-state index is 0.766. The molecule has 5 nitrogen and oxygen atoms in total. The van der Waals surface area contributed by atoms with Gasteiger partial charge in [-0.2, -0.15) is 0 Å². The Bertz CT molecular complexity index is 745. The van der Waals surface area contributed by atoms with Gasteiger partial charge >= 0.3 is 0 Å². The molecule has 5 heteroatoms. The Balaban J connectivity index is 1.77. The van der Waals surface area contributed by atoms with E-state index < -0.39 is 0 Å². The van der Waals surface area contributed by atoms with E-state index in [9.17, 15) is 0 Å². The summed E-state index contributed by atoms with van der Waals surface area (Å²) < 4.78 is 21.6. The largest absolute Gasteiger partial charge is 0.493 e. The van der Waals surface area contributed by atoms with E-state index in [1.807, 2.05) is 6.07 Å². The molecule has 0 aromatic heterocycles. The van der Waals surface area contributed by atoms with Gasteiger partial charge in [-0.05, 0) is 35.9 Å².